The third-order valence-electron chi connectivity index (χ3n) is 3.90. The van der Waals surface area contributed by atoms with Crippen molar-refractivity contribution in [2.24, 2.45) is 0 Å². The second-order valence-corrected chi connectivity index (χ2v) is 6.90. The number of esters is 1. The molecule has 0 unspecified atom stereocenters. The van der Waals surface area contributed by atoms with Crippen LogP contribution in [0.5, 0.6) is 0 Å². The standard InChI is InChI=1S/C21H20N2O3S/c1-15(24)22-19(16-8-4-2-5-9-16)12-20(25)26-13-18-14-27-21(23-18)17-10-6-3-7-11-17/h2-11,14,19H,12-13H2,1H3,(H,22,24)/t19-/m0/s1. The Morgan fingerprint density at radius 3 is 2.41 bits per heavy atom. The molecule has 0 radical (unpaired) electrons. The average molecular weight is 380 g/mol. The van der Waals surface area contributed by atoms with E-state index in [1.54, 1.807) is 0 Å². The normalized spacial score (nSPS) is 11.6. The predicted molar refractivity (Wildman–Crippen MR) is 105 cm³/mol. The summed E-state index contributed by atoms with van der Waals surface area (Å²) in [5.41, 5.74) is 2.61. The molecule has 3 rings (SSSR count). The number of aromatic nitrogens is 1. The fourth-order valence-corrected chi connectivity index (χ4v) is 3.46. The molecule has 0 bridgehead atoms. The Kier molecular flexibility index (Phi) is 6.33. The van der Waals surface area contributed by atoms with Gasteiger partial charge in [-0.25, -0.2) is 4.98 Å². The number of amides is 1. The van der Waals surface area contributed by atoms with Gasteiger partial charge in [-0.2, -0.15) is 0 Å². The lowest BCUT2D eigenvalue weighted by Crippen LogP contribution is -2.28. The lowest BCUT2D eigenvalue weighted by molar-refractivity contribution is -0.145. The molecule has 6 heteroatoms. The van der Waals surface area contributed by atoms with Gasteiger partial charge in [0.15, 0.2) is 0 Å². The summed E-state index contributed by atoms with van der Waals surface area (Å²) in [5.74, 6) is -0.574. The van der Waals surface area contributed by atoms with Crippen molar-refractivity contribution < 1.29 is 14.3 Å². The molecule has 3 aromatic rings. The van der Waals surface area contributed by atoms with E-state index in [0.29, 0.717) is 5.69 Å². The highest BCUT2D eigenvalue weighted by Crippen LogP contribution is 2.24. The van der Waals surface area contributed by atoms with E-state index >= 15 is 0 Å². The van der Waals surface area contributed by atoms with Gasteiger partial charge in [-0.15, -0.1) is 11.3 Å². The summed E-state index contributed by atoms with van der Waals surface area (Å²) in [6.45, 7) is 1.55. The number of benzene rings is 2. The van der Waals surface area contributed by atoms with Crippen molar-refractivity contribution in [3.05, 3.63) is 77.3 Å². The monoisotopic (exact) mass is 380 g/mol. The zero-order valence-electron chi connectivity index (χ0n) is 14.9. The van der Waals surface area contributed by atoms with E-state index in [0.717, 1.165) is 16.1 Å². The number of carbonyl (C=O) groups excluding carboxylic acids is 2. The first kappa shape index (κ1) is 18.8. The van der Waals surface area contributed by atoms with Crippen LogP contribution in [0.25, 0.3) is 10.6 Å². The Bertz CT molecular complexity index is 894. The van der Waals surface area contributed by atoms with Crippen molar-refractivity contribution in [1.82, 2.24) is 10.3 Å². The van der Waals surface area contributed by atoms with E-state index in [2.05, 4.69) is 10.3 Å². The minimum absolute atomic E-state index is 0.0687. The number of hydrogen-bond donors (Lipinski definition) is 1. The van der Waals surface area contributed by atoms with Gasteiger partial charge in [0, 0.05) is 17.9 Å². The number of nitrogens with zero attached hydrogens (tertiary/aromatic N) is 1. The summed E-state index contributed by atoms with van der Waals surface area (Å²) in [4.78, 5) is 28.2. The smallest absolute Gasteiger partial charge is 0.308 e. The third kappa shape index (κ3) is 5.49. The number of rotatable bonds is 7. The van der Waals surface area contributed by atoms with Gasteiger partial charge >= 0.3 is 5.97 Å². The summed E-state index contributed by atoms with van der Waals surface area (Å²) >= 11 is 1.51. The molecule has 5 nitrogen and oxygen atoms in total. The van der Waals surface area contributed by atoms with Gasteiger partial charge in [-0.3, -0.25) is 9.59 Å². The van der Waals surface area contributed by atoms with Crippen LogP contribution in [-0.2, 0) is 20.9 Å². The van der Waals surface area contributed by atoms with Crippen LogP contribution in [0.1, 0.15) is 30.6 Å². The molecule has 1 atom stereocenters. The molecule has 0 saturated heterocycles. The molecular weight excluding hydrogens is 360 g/mol. The molecule has 27 heavy (non-hydrogen) atoms. The Hall–Kier alpha value is -2.99. The average Bonchev–Trinajstić information content (AvgIpc) is 3.16. The number of carbonyl (C=O) groups is 2. The van der Waals surface area contributed by atoms with Gasteiger partial charge < -0.3 is 10.1 Å². The van der Waals surface area contributed by atoms with E-state index in [-0.39, 0.29) is 24.9 Å². The van der Waals surface area contributed by atoms with E-state index in [9.17, 15) is 9.59 Å². The lowest BCUT2D eigenvalue weighted by Gasteiger charge is -2.17. The van der Waals surface area contributed by atoms with Crippen molar-refractivity contribution in [3.8, 4) is 10.6 Å². The van der Waals surface area contributed by atoms with Crippen molar-refractivity contribution in [2.45, 2.75) is 26.0 Å². The van der Waals surface area contributed by atoms with E-state index < -0.39 is 6.04 Å². The maximum absolute atomic E-state index is 12.3. The van der Waals surface area contributed by atoms with Crippen molar-refractivity contribution in [2.75, 3.05) is 0 Å². The molecule has 0 saturated carbocycles. The molecular formula is C21H20N2O3S. The van der Waals surface area contributed by atoms with Crippen LogP contribution < -0.4 is 5.32 Å². The van der Waals surface area contributed by atoms with Crippen LogP contribution >= 0.6 is 11.3 Å². The quantitative estimate of drug-likeness (QED) is 0.626. The highest BCUT2D eigenvalue weighted by molar-refractivity contribution is 7.13. The summed E-state index contributed by atoms with van der Waals surface area (Å²) in [6.07, 6.45) is 0.0687. The minimum atomic E-state index is -0.411. The van der Waals surface area contributed by atoms with Crippen molar-refractivity contribution in [1.29, 1.82) is 0 Å². The van der Waals surface area contributed by atoms with Crippen LogP contribution in [0.4, 0.5) is 0 Å². The summed E-state index contributed by atoms with van der Waals surface area (Å²) in [6, 6.07) is 18.8. The van der Waals surface area contributed by atoms with Gasteiger partial charge in [-0.1, -0.05) is 60.7 Å². The molecule has 1 heterocycles. The highest BCUT2D eigenvalue weighted by Gasteiger charge is 2.18. The number of ether oxygens (including phenoxy) is 1. The number of hydrogen-bond acceptors (Lipinski definition) is 5. The Labute approximate surface area is 162 Å². The van der Waals surface area contributed by atoms with Crippen LogP contribution in [-0.4, -0.2) is 16.9 Å². The first-order valence-corrected chi connectivity index (χ1v) is 9.47. The highest BCUT2D eigenvalue weighted by atomic mass is 32.1. The SMILES string of the molecule is CC(=O)N[C@@H](CC(=O)OCc1csc(-c2ccccc2)n1)c1ccccc1. The lowest BCUT2D eigenvalue weighted by atomic mass is 10.0. The molecule has 0 aliphatic heterocycles. The van der Waals surface area contributed by atoms with Crippen LogP contribution in [0.2, 0.25) is 0 Å². The van der Waals surface area contributed by atoms with Gasteiger partial charge in [-0.05, 0) is 5.56 Å². The molecule has 1 aromatic heterocycles. The molecule has 2 aromatic carbocycles. The van der Waals surface area contributed by atoms with Gasteiger partial charge in [0.2, 0.25) is 5.91 Å². The zero-order valence-corrected chi connectivity index (χ0v) is 15.7. The van der Waals surface area contributed by atoms with Crippen molar-refractivity contribution in [3.63, 3.8) is 0 Å². The van der Waals surface area contributed by atoms with Gasteiger partial charge in [0.1, 0.15) is 11.6 Å². The number of thiazole rings is 1. The number of nitrogens with one attached hydrogen (secondary N) is 1. The molecule has 0 aliphatic rings. The van der Waals surface area contributed by atoms with Crippen LogP contribution in [0, 0.1) is 0 Å². The molecule has 1 N–H and O–H groups in total. The van der Waals surface area contributed by atoms with E-state index in [4.69, 9.17) is 4.74 Å². The van der Waals surface area contributed by atoms with E-state index in [1.165, 1.54) is 18.3 Å². The summed E-state index contributed by atoms with van der Waals surface area (Å²) in [7, 11) is 0. The van der Waals surface area contributed by atoms with Crippen molar-refractivity contribution >= 4 is 23.2 Å². The fourth-order valence-electron chi connectivity index (χ4n) is 2.65. The fraction of sp³-hybridized carbons (Fsp3) is 0.190. The van der Waals surface area contributed by atoms with Crippen LogP contribution in [0.15, 0.2) is 66.0 Å². The first-order valence-electron chi connectivity index (χ1n) is 8.59. The second-order valence-electron chi connectivity index (χ2n) is 6.04. The van der Waals surface area contributed by atoms with Gasteiger partial charge in [0.25, 0.3) is 0 Å². The molecule has 138 valence electrons. The first-order chi connectivity index (χ1) is 13.1. The second kappa shape index (κ2) is 9.09. The minimum Gasteiger partial charge on any atom is -0.459 e. The topological polar surface area (TPSA) is 68.3 Å². The molecule has 0 fully saturated rings. The third-order valence-corrected chi connectivity index (χ3v) is 4.84. The Morgan fingerprint density at radius 2 is 1.74 bits per heavy atom. The largest absolute Gasteiger partial charge is 0.459 e. The summed E-state index contributed by atoms with van der Waals surface area (Å²) < 4.78 is 5.36. The molecule has 1 amide bonds. The van der Waals surface area contributed by atoms with Crippen LogP contribution in [0.3, 0.4) is 0 Å². The van der Waals surface area contributed by atoms with Gasteiger partial charge in [0.05, 0.1) is 18.2 Å². The maximum atomic E-state index is 12.3. The summed E-state index contributed by atoms with van der Waals surface area (Å²) in [5, 5.41) is 5.58. The Balaban J connectivity index is 1.58. The molecule has 0 spiro atoms. The zero-order chi connectivity index (χ0) is 19.1. The Morgan fingerprint density at radius 1 is 1.07 bits per heavy atom. The predicted octanol–water partition coefficient (Wildman–Crippen LogP) is 4.12. The van der Waals surface area contributed by atoms with E-state index in [1.807, 2.05) is 66.0 Å². The molecule has 0 aliphatic carbocycles. The maximum Gasteiger partial charge on any atom is 0.308 e.